The molecular formula is C11H12ClN3O2. The first-order chi connectivity index (χ1) is 8.11. The van der Waals surface area contributed by atoms with Gasteiger partial charge in [0.1, 0.15) is 0 Å². The van der Waals surface area contributed by atoms with Crippen molar-refractivity contribution >= 4 is 28.2 Å². The van der Waals surface area contributed by atoms with E-state index in [4.69, 9.17) is 11.6 Å². The van der Waals surface area contributed by atoms with Crippen LogP contribution in [0.15, 0.2) is 24.4 Å². The summed E-state index contributed by atoms with van der Waals surface area (Å²) in [6.45, 7) is 2.67. The Morgan fingerprint density at radius 2 is 2.35 bits per heavy atom. The highest BCUT2D eigenvalue weighted by atomic mass is 35.5. The van der Waals surface area contributed by atoms with Gasteiger partial charge in [0.15, 0.2) is 0 Å². The van der Waals surface area contributed by atoms with Crippen LogP contribution in [0.2, 0.25) is 0 Å². The second-order valence-electron chi connectivity index (χ2n) is 4.09. The fourth-order valence-electron chi connectivity index (χ4n) is 1.66. The molecule has 0 aliphatic carbocycles. The number of non-ortho nitro benzene ring substituents is 1. The first-order valence-electron chi connectivity index (χ1n) is 5.27. The van der Waals surface area contributed by atoms with E-state index in [-0.39, 0.29) is 11.6 Å². The van der Waals surface area contributed by atoms with Gasteiger partial charge in [-0.3, -0.25) is 14.8 Å². The minimum atomic E-state index is -0.401. The van der Waals surface area contributed by atoms with E-state index in [9.17, 15) is 10.1 Å². The number of fused-ring (bicyclic) bond motifs is 1. The first kappa shape index (κ1) is 11.9. The van der Waals surface area contributed by atoms with E-state index < -0.39 is 4.92 Å². The molecule has 1 unspecified atom stereocenters. The minimum absolute atomic E-state index is 0.0813. The number of benzene rings is 1. The summed E-state index contributed by atoms with van der Waals surface area (Å²) in [5.41, 5.74) is 0.856. The van der Waals surface area contributed by atoms with E-state index in [0.717, 1.165) is 10.9 Å². The van der Waals surface area contributed by atoms with Crippen molar-refractivity contribution in [1.29, 1.82) is 0 Å². The third-order valence-corrected chi connectivity index (χ3v) is 3.11. The highest BCUT2D eigenvalue weighted by Crippen LogP contribution is 2.21. The van der Waals surface area contributed by atoms with Gasteiger partial charge in [0.25, 0.3) is 5.69 Å². The highest BCUT2D eigenvalue weighted by molar-refractivity contribution is 6.18. The summed E-state index contributed by atoms with van der Waals surface area (Å²) in [4.78, 5) is 10.3. The number of aromatic nitrogens is 2. The maximum Gasteiger partial charge on any atom is 0.271 e. The van der Waals surface area contributed by atoms with Crippen molar-refractivity contribution in [2.24, 2.45) is 5.92 Å². The van der Waals surface area contributed by atoms with Crippen LogP contribution in [0.1, 0.15) is 6.92 Å². The number of nitro benzene ring substituents is 1. The quantitative estimate of drug-likeness (QED) is 0.478. The lowest BCUT2D eigenvalue weighted by Gasteiger charge is -2.08. The molecule has 0 aliphatic rings. The Hall–Kier alpha value is -1.62. The molecule has 2 aromatic rings. The van der Waals surface area contributed by atoms with Gasteiger partial charge in [-0.25, -0.2) is 0 Å². The molecule has 0 aliphatic heterocycles. The van der Waals surface area contributed by atoms with Crippen molar-refractivity contribution in [3.8, 4) is 0 Å². The molecule has 1 aromatic heterocycles. The van der Waals surface area contributed by atoms with Gasteiger partial charge in [-0.1, -0.05) is 6.92 Å². The number of rotatable bonds is 4. The summed E-state index contributed by atoms with van der Waals surface area (Å²) in [6, 6.07) is 4.74. The van der Waals surface area contributed by atoms with Crippen LogP contribution in [0.3, 0.4) is 0 Å². The molecule has 17 heavy (non-hydrogen) atoms. The predicted octanol–water partition coefficient (Wildman–Crippen LogP) is 2.82. The summed E-state index contributed by atoms with van der Waals surface area (Å²) in [5, 5.41) is 15.8. The van der Waals surface area contributed by atoms with Gasteiger partial charge < -0.3 is 0 Å². The molecule has 0 N–H and O–H groups in total. The van der Waals surface area contributed by atoms with Crippen LogP contribution >= 0.6 is 11.6 Å². The summed E-state index contributed by atoms with van der Waals surface area (Å²) in [7, 11) is 0. The molecule has 1 aromatic carbocycles. The van der Waals surface area contributed by atoms with Gasteiger partial charge in [-0.05, 0) is 12.0 Å². The third-order valence-electron chi connectivity index (χ3n) is 2.59. The van der Waals surface area contributed by atoms with E-state index in [1.54, 1.807) is 23.0 Å². The monoisotopic (exact) mass is 253 g/mol. The maximum absolute atomic E-state index is 10.7. The molecule has 5 nitrogen and oxygen atoms in total. The second kappa shape index (κ2) is 4.71. The van der Waals surface area contributed by atoms with Crippen LogP contribution < -0.4 is 0 Å². The Morgan fingerprint density at radius 3 is 3.00 bits per heavy atom. The summed E-state index contributed by atoms with van der Waals surface area (Å²) < 4.78 is 1.76. The van der Waals surface area contributed by atoms with Gasteiger partial charge in [0.05, 0.1) is 16.6 Å². The second-order valence-corrected chi connectivity index (χ2v) is 4.39. The number of nitro groups is 1. The molecule has 90 valence electrons. The van der Waals surface area contributed by atoms with Crippen LogP contribution in [0.5, 0.6) is 0 Å². The van der Waals surface area contributed by atoms with Gasteiger partial charge in [-0.2, -0.15) is 5.10 Å². The van der Waals surface area contributed by atoms with E-state index in [1.807, 2.05) is 6.92 Å². The number of halogens is 1. The molecule has 0 amide bonds. The SMILES string of the molecule is CC(CCl)Cn1ncc2ccc([N+](=O)[O-])cc21. The topological polar surface area (TPSA) is 61.0 Å². The van der Waals surface area contributed by atoms with Crippen LogP contribution in [-0.4, -0.2) is 20.6 Å². The Labute approximate surface area is 103 Å². The summed E-state index contributed by atoms with van der Waals surface area (Å²) in [5.74, 6) is 0.815. The van der Waals surface area contributed by atoms with E-state index >= 15 is 0 Å². The van der Waals surface area contributed by atoms with Crippen molar-refractivity contribution in [2.75, 3.05) is 5.88 Å². The molecule has 0 saturated heterocycles. The van der Waals surface area contributed by atoms with Crippen LogP contribution in [0.4, 0.5) is 5.69 Å². The number of alkyl halides is 1. The molecule has 0 radical (unpaired) electrons. The van der Waals surface area contributed by atoms with Crippen LogP contribution in [0, 0.1) is 16.0 Å². The van der Waals surface area contributed by atoms with Crippen molar-refractivity contribution < 1.29 is 4.92 Å². The Bertz CT molecular complexity index is 553. The molecule has 0 spiro atoms. The fourth-order valence-corrected chi connectivity index (χ4v) is 1.76. The Balaban J connectivity index is 2.43. The number of hydrogen-bond acceptors (Lipinski definition) is 3. The van der Waals surface area contributed by atoms with Crippen molar-refractivity contribution in [3.05, 3.63) is 34.5 Å². The Kier molecular flexibility index (Phi) is 3.28. The molecule has 2 rings (SSSR count). The average molecular weight is 254 g/mol. The van der Waals surface area contributed by atoms with E-state index in [1.165, 1.54) is 6.07 Å². The smallest absolute Gasteiger partial charge is 0.264 e. The highest BCUT2D eigenvalue weighted by Gasteiger charge is 2.11. The zero-order valence-electron chi connectivity index (χ0n) is 9.34. The lowest BCUT2D eigenvalue weighted by Crippen LogP contribution is -2.09. The molecule has 1 heterocycles. The minimum Gasteiger partial charge on any atom is -0.264 e. The number of hydrogen-bond donors (Lipinski definition) is 0. The van der Waals surface area contributed by atoms with E-state index in [2.05, 4.69) is 5.10 Å². The van der Waals surface area contributed by atoms with Gasteiger partial charge in [0.2, 0.25) is 0 Å². The zero-order valence-corrected chi connectivity index (χ0v) is 10.1. The molecule has 0 bridgehead atoms. The zero-order chi connectivity index (χ0) is 12.4. The van der Waals surface area contributed by atoms with Gasteiger partial charge in [-0.15, -0.1) is 11.6 Å². The lowest BCUT2D eigenvalue weighted by molar-refractivity contribution is -0.384. The summed E-state index contributed by atoms with van der Waals surface area (Å²) >= 11 is 5.75. The van der Waals surface area contributed by atoms with E-state index in [0.29, 0.717) is 12.4 Å². The van der Waals surface area contributed by atoms with Crippen molar-refractivity contribution in [1.82, 2.24) is 9.78 Å². The molecule has 6 heteroatoms. The van der Waals surface area contributed by atoms with Gasteiger partial charge >= 0.3 is 0 Å². The first-order valence-corrected chi connectivity index (χ1v) is 5.81. The normalized spacial score (nSPS) is 12.8. The largest absolute Gasteiger partial charge is 0.271 e. The number of nitrogens with zero attached hydrogens (tertiary/aromatic N) is 3. The van der Waals surface area contributed by atoms with Crippen LogP contribution in [0.25, 0.3) is 10.9 Å². The standard InChI is InChI=1S/C11H12ClN3O2/c1-8(5-12)7-14-11-4-10(15(16)17)3-2-9(11)6-13-14/h2-4,6,8H,5,7H2,1H3. The van der Waals surface area contributed by atoms with Crippen molar-refractivity contribution in [2.45, 2.75) is 13.5 Å². The molecular weight excluding hydrogens is 242 g/mol. The van der Waals surface area contributed by atoms with Crippen molar-refractivity contribution in [3.63, 3.8) is 0 Å². The lowest BCUT2D eigenvalue weighted by atomic mass is 10.2. The summed E-state index contributed by atoms with van der Waals surface area (Å²) in [6.07, 6.45) is 1.71. The van der Waals surface area contributed by atoms with Crippen LogP contribution in [-0.2, 0) is 6.54 Å². The maximum atomic E-state index is 10.7. The fraction of sp³-hybridized carbons (Fsp3) is 0.364. The molecule has 0 saturated carbocycles. The van der Waals surface area contributed by atoms with Gasteiger partial charge in [0, 0.05) is 29.9 Å². The third kappa shape index (κ3) is 2.39. The molecule has 1 atom stereocenters. The average Bonchev–Trinajstić information content (AvgIpc) is 2.71. The molecule has 0 fully saturated rings. The predicted molar refractivity (Wildman–Crippen MR) is 66.3 cm³/mol. The Morgan fingerprint density at radius 1 is 1.59 bits per heavy atom.